The first-order valence-corrected chi connectivity index (χ1v) is 4.14. The molecule has 1 nitrogen and oxygen atoms in total. The smallest absolute Gasteiger partial charge is 0.0843 e. The summed E-state index contributed by atoms with van der Waals surface area (Å²) in [5, 5.41) is 0. The minimum Gasteiger partial charge on any atom is -0.355 e. The first kappa shape index (κ1) is 7.07. The molecule has 0 amide bonds. The van der Waals surface area contributed by atoms with Crippen LogP contribution in [0, 0.1) is 5.92 Å². The van der Waals surface area contributed by atoms with Crippen LogP contribution in [0.1, 0.15) is 39.0 Å². The van der Waals surface area contributed by atoms with Crippen LogP contribution in [-0.4, -0.2) is 6.04 Å². The standard InChI is InChI=1S/C8H17N/c1-7(9)8-5-3-2-4-6-8/h7-8H,2-6,9H2,1H3/p+1/t7-/m1/s1. The van der Waals surface area contributed by atoms with Crippen LogP contribution in [0.4, 0.5) is 0 Å². The van der Waals surface area contributed by atoms with E-state index in [1.165, 1.54) is 32.1 Å². The van der Waals surface area contributed by atoms with Crippen molar-refractivity contribution in [3.8, 4) is 0 Å². The van der Waals surface area contributed by atoms with E-state index in [4.69, 9.17) is 0 Å². The van der Waals surface area contributed by atoms with Crippen molar-refractivity contribution < 1.29 is 5.73 Å². The van der Waals surface area contributed by atoms with E-state index in [1.54, 1.807) is 0 Å². The Bertz CT molecular complexity index is 72.6. The van der Waals surface area contributed by atoms with Crippen LogP contribution in [-0.2, 0) is 0 Å². The predicted octanol–water partition coefficient (Wildman–Crippen LogP) is 1.20. The second-order valence-electron chi connectivity index (χ2n) is 3.38. The van der Waals surface area contributed by atoms with Crippen molar-refractivity contribution in [3.63, 3.8) is 0 Å². The Balaban J connectivity index is 2.23. The van der Waals surface area contributed by atoms with Crippen molar-refractivity contribution in [2.45, 2.75) is 45.1 Å². The Labute approximate surface area is 57.6 Å². The average molecular weight is 128 g/mol. The monoisotopic (exact) mass is 128 g/mol. The Morgan fingerprint density at radius 3 is 2.11 bits per heavy atom. The van der Waals surface area contributed by atoms with Crippen LogP contribution in [0.3, 0.4) is 0 Å². The highest BCUT2D eigenvalue weighted by atomic mass is 14.6. The lowest BCUT2D eigenvalue weighted by molar-refractivity contribution is -0.428. The number of hydrogen-bond acceptors (Lipinski definition) is 0. The molecule has 1 rings (SSSR count). The number of rotatable bonds is 1. The van der Waals surface area contributed by atoms with Crippen LogP contribution >= 0.6 is 0 Å². The zero-order chi connectivity index (χ0) is 6.69. The molecular formula is C8H18N+. The molecule has 0 aromatic carbocycles. The Hall–Kier alpha value is -0.0400. The number of hydrogen-bond donors (Lipinski definition) is 1. The van der Waals surface area contributed by atoms with Gasteiger partial charge in [-0.25, -0.2) is 0 Å². The van der Waals surface area contributed by atoms with Gasteiger partial charge in [0.25, 0.3) is 0 Å². The summed E-state index contributed by atoms with van der Waals surface area (Å²) in [6.07, 6.45) is 7.23. The lowest BCUT2D eigenvalue weighted by atomic mass is 9.85. The van der Waals surface area contributed by atoms with Crippen LogP contribution in [0.15, 0.2) is 0 Å². The number of quaternary nitrogens is 1. The van der Waals surface area contributed by atoms with Gasteiger partial charge in [-0.05, 0) is 19.8 Å². The molecule has 0 unspecified atom stereocenters. The predicted molar refractivity (Wildman–Crippen MR) is 38.9 cm³/mol. The van der Waals surface area contributed by atoms with Gasteiger partial charge in [0.15, 0.2) is 0 Å². The van der Waals surface area contributed by atoms with Gasteiger partial charge in [-0.1, -0.05) is 19.3 Å². The maximum Gasteiger partial charge on any atom is 0.0843 e. The molecule has 0 saturated heterocycles. The topological polar surface area (TPSA) is 27.6 Å². The lowest BCUT2D eigenvalue weighted by Crippen LogP contribution is -2.62. The van der Waals surface area contributed by atoms with Gasteiger partial charge in [0, 0.05) is 5.92 Å². The maximum absolute atomic E-state index is 4.06. The van der Waals surface area contributed by atoms with Gasteiger partial charge in [0.05, 0.1) is 6.04 Å². The molecule has 3 N–H and O–H groups in total. The average Bonchev–Trinajstić information content (AvgIpc) is 1.90. The van der Waals surface area contributed by atoms with E-state index >= 15 is 0 Å². The minimum atomic E-state index is 0.685. The first-order valence-electron chi connectivity index (χ1n) is 4.14. The van der Waals surface area contributed by atoms with Crippen molar-refractivity contribution in [1.82, 2.24) is 0 Å². The van der Waals surface area contributed by atoms with Gasteiger partial charge in [-0.15, -0.1) is 0 Å². The van der Waals surface area contributed by atoms with Crippen molar-refractivity contribution in [1.29, 1.82) is 0 Å². The Morgan fingerprint density at radius 2 is 1.78 bits per heavy atom. The molecule has 1 heteroatoms. The summed E-state index contributed by atoms with van der Waals surface area (Å²) in [5.41, 5.74) is 4.06. The summed E-state index contributed by atoms with van der Waals surface area (Å²) in [6, 6.07) is 0.685. The fraction of sp³-hybridized carbons (Fsp3) is 1.00. The fourth-order valence-corrected chi connectivity index (χ4v) is 1.70. The molecule has 9 heavy (non-hydrogen) atoms. The van der Waals surface area contributed by atoms with Gasteiger partial charge >= 0.3 is 0 Å². The highest BCUT2D eigenvalue weighted by Gasteiger charge is 2.18. The lowest BCUT2D eigenvalue weighted by Gasteiger charge is -2.22. The summed E-state index contributed by atoms with van der Waals surface area (Å²) in [4.78, 5) is 0. The van der Waals surface area contributed by atoms with Crippen LogP contribution in [0.2, 0.25) is 0 Å². The molecular weight excluding hydrogens is 110 g/mol. The summed E-state index contributed by atoms with van der Waals surface area (Å²) < 4.78 is 0. The summed E-state index contributed by atoms with van der Waals surface area (Å²) in [5.74, 6) is 0.943. The molecule has 1 aliphatic carbocycles. The van der Waals surface area contributed by atoms with Crippen molar-refractivity contribution in [2.75, 3.05) is 0 Å². The van der Waals surface area contributed by atoms with Gasteiger partial charge in [-0.2, -0.15) is 0 Å². The molecule has 0 aliphatic heterocycles. The molecule has 1 saturated carbocycles. The maximum atomic E-state index is 4.06. The van der Waals surface area contributed by atoms with E-state index in [0.717, 1.165) is 5.92 Å². The summed E-state index contributed by atoms with van der Waals surface area (Å²) in [7, 11) is 0. The Morgan fingerprint density at radius 1 is 1.22 bits per heavy atom. The zero-order valence-corrected chi connectivity index (χ0v) is 6.40. The molecule has 1 fully saturated rings. The second kappa shape index (κ2) is 3.21. The third kappa shape index (κ3) is 1.98. The van der Waals surface area contributed by atoms with Crippen molar-refractivity contribution >= 4 is 0 Å². The summed E-state index contributed by atoms with van der Waals surface area (Å²) in [6.45, 7) is 2.25. The van der Waals surface area contributed by atoms with E-state index in [9.17, 15) is 0 Å². The van der Waals surface area contributed by atoms with Crippen LogP contribution in [0.25, 0.3) is 0 Å². The quantitative estimate of drug-likeness (QED) is 0.549. The van der Waals surface area contributed by atoms with Crippen molar-refractivity contribution in [3.05, 3.63) is 0 Å². The van der Waals surface area contributed by atoms with Gasteiger partial charge < -0.3 is 5.73 Å². The normalized spacial score (nSPS) is 26.0. The van der Waals surface area contributed by atoms with Crippen LogP contribution in [0.5, 0.6) is 0 Å². The van der Waals surface area contributed by atoms with Gasteiger partial charge in [0.2, 0.25) is 0 Å². The highest BCUT2D eigenvalue weighted by molar-refractivity contribution is 4.68. The highest BCUT2D eigenvalue weighted by Crippen LogP contribution is 2.24. The molecule has 0 radical (unpaired) electrons. The summed E-state index contributed by atoms with van der Waals surface area (Å²) >= 11 is 0. The second-order valence-corrected chi connectivity index (χ2v) is 3.38. The van der Waals surface area contributed by atoms with E-state index in [-0.39, 0.29) is 0 Å². The van der Waals surface area contributed by atoms with E-state index in [2.05, 4.69) is 12.7 Å². The molecule has 1 aliphatic rings. The SMILES string of the molecule is C[C@@H]([NH3+])C1CCCCC1. The third-order valence-corrected chi connectivity index (χ3v) is 2.45. The molecule has 0 aromatic heterocycles. The van der Waals surface area contributed by atoms with Gasteiger partial charge in [0.1, 0.15) is 0 Å². The third-order valence-electron chi connectivity index (χ3n) is 2.45. The van der Waals surface area contributed by atoms with Gasteiger partial charge in [-0.3, -0.25) is 0 Å². The molecule has 0 heterocycles. The fourth-order valence-electron chi connectivity index (χ4n) is 1.70. The molecule has 0 aromatic rings. The van der Waals surface area contributed by atoms with Crippen molar-refractivity contribution in [2.24, 2.45) is 5.92 Å². The molecule has 54 valence electrons. The zero-order valence-electron chi connectivity index (χ0n) is 6.40. The minimum absolute atomic E-state index is 0.685. The molecule has 0 spiro atoms. The van der Waals surface area contributed by atoms with E-state index < -0.39 is 0 Å². The largest absolute Gasteiger partial charge is 0.355 e. The molecule has 1 atom stereocenters. The van der Waals surface area contributed by atoms with E-state index in [0.29, 0.717) is 6.04 Å². The first-order chi connectivity index (χ1) is 4.30. The molecule has 0 bridgehead atoms. The van der Waals surface area contributed by atoms with Crippen LogP contribution < -0.4 is 5.73 Å². The Kier molecular flexibility index (Phi) is 2.52. The van der Waals surface area contributed by atoms with E-state index in [1.807, 2.05) is 0 Å².